The molecule has 6 heteroatoms. The van der Waals surface area contributed by atoms with E-state index in [2.05, 4.69) is 5.32 Å². The van der Waals surface area contributed by atoms with Gasteiger partial charge < -0.3 is 20.7 Å². The largest absolute Gasteiger partial charge is 0.398 e. The van der Waals surface area contributed by atoms with E-state index in [9.17, 15) is 9.59 Å². The van der Waals surface area contributed by atoms with Crippen molar-refractivity contribution in [2.75, 3.05) is 37.4 Å². The molecule has 0 aromatic heterocycles. The SMILES string of the molecule is Cc1c(N)cccc1NC(=O)CN1CCOCC1=O. The van der Waals surface area contributed by atoms with E-state index in [-0.39, 0.29) is 25.0 Å². The van der Waals surface area contributed by atoms with Crippen LogP contribution >= 0.6 is 0 Å². The van der Waals surface area contributed by atoms with Gasteiger partial charge in [-0.05, 0) is 24.6 Å². The number of ether oxygens (including phenoxy) is 1. The van der Waals surface area contributed by atoms with Gasteiger partial charge in [-0.3, -0.25) is 9.59 Å². The highest BCUT2D eigenvalue weighted by Crippen LogP contribution is 2.20. The summed E-state index contributed by atoms with van der Waals surface area (Å²) in [6.07, 6.45) is 0. The molecule has 1 fully saturated rings. The highest BCUT2D eigenvalue weighted by Gasteiger charge is 2.21. The minimum atomic E-state index is -0.232. The summed E-state index contributed by atoms with van der Waals surface area (Å²) in [6, 6.07) is 5.33. The molecule has 0 spiro atoms. The summed E-state index contributed by atoms with van der Waals surface area (Å²) in [6.45, 7) is 2.84. The Hall–Kier alpha value is -2.08. The standard InChI is InChI=1S/C13H17N3O3/c1-9-10(14)3-2-4-11(9)15-12(17)7-16-5-6-19-8-13(16)18/h2-4H,5-8,14H2,1H3,(H,15,17). The zero-order valence-electron chi connectivity index (χ0n) is 10.8. The van der Waals surface area contributed by atoms with Crippen molar-refractivity contribution in [3.63, 3.8) is 0 Å². The van der Waals surface area contributed by atoms with Crippen LogP contribution in [0.15, 0.2) is 18.2 Å². The first-order chi connectivity index (χ1) is 9.08. The van der Waals surface area contributed by atoms with E-state index in [1.807, 2.05) is 6.92 Å². The Kier molecular flexibility index (Phi) is 4.01. The van der Waals surface area contributed by atoms with Gasteiger partial charge in [-0.15, -0.1) is 0 Å². The fourth-order valence-corrected chi connectivity index (χ4v) is 1.87. The van der Waals surface area contributed by atoms with Crippen molar-refractivity contribution in [2.45, 2.75) is 6.92 Å². The van der Waals surface area contributed by atoms with Crippen molar-refractivity contribution in [3.05, 3.63) is 23.8 Å². The van der Waals surface area contributed by atoms with Gasteiger partial charge in [0.1, 0.15) is 13.2 Å². The lowest BCUT2D eigenvalue weighted by atomic mass is 10.1. The fourth-order valence-electron chi connectivity index (χ4n) is 1.87. The van der Waals surface area contributed by atoms with E-state index in [0.717, 1.165) is 5.56 Å². The van der Waals surface area contributed by atoms with Gasteiger partial charge in [0, 0.05) is 17.9 Å². The Morgan fingerprint density at radius 2 is 2.32 bits per heavy atom. The monoisotopic (exact) mass is 263 g/mol. The summed E-state index contributed by atoms with van der Waals surface area (Å²) in [7, 11) is 0. The van der Waals surface area contributed by atoms with Gasteiger partial charge in [0.25, 0.3) is 0 Å². The van der Waals surface area contributed by atoms with E-state index < -0.39 is 0 Å². The number of hydrogen-bond donors (Lipinski definition) is 2. The molecule has 0 atom stereocenters. The molecule has 102 valence electrons. The summed E-state index contributed by atoms with van der Waals surface area (Å²) in [5.74, 6) is -0.394. The molecule has 0 saturated carbocycles. The Labute approximate surface area is 111 Å². The van der Waals surface area contributed by atoms with E-state index in [1.165, 1.54) is 4.90 Å². The summed E-state index contributed by atoms with van der Waals surface area (Å²) < 4.78 is 5.01. The first-order valence-electron chi connectivity index (χ1n) is 6.08. The molecule has 0 unspecified atom stereocenters. The first kappa shape index (κ1) is 13.4. The lowest BCUT2D eigenvalue weighted by Gasteiger charge is -2.26. The number of nitrogens with zero attached hydrogens (tertiary/aromatic N) is 1. The maximum atomic E-state index is 11.9. The molecular weight excluding hydrogens is 246 g/mol. The summed E-state index contributed by atoms with van der Waals surface area (Å²) in [5, 5.41) is 2.77. The van der Waals surface area contributed by atoms with Crippen LogP contribution in [0, 0.1) is 6.92 Å². The maximum absolute atomic E-state index is 11.9. The molecule has 1 heterocycles. The molecule has 0 radical (unpaired) electrons. The Balaban J connectivity index is 1.97. The second kappa shape index (κ2) is 5.71. The van der Waals surface area contributed by atoms with Crippen LogP contribution in [0.5, 0.6) is 0 Å². The number of amides is 2. The van der Waals surface area contributed by atoms with Gasteiger partial charge in [0.05, 0.1) is 6.61 Å². The van der Waals surface area contributed by atoms with E-state index in [1.54, 1.807) is 18.2 Å². The number of anilines is 2. The highest BCUT2D eigenvalue weighted by atomic mass is 16.5. The topological polar surface area (TPSA) is 84.7 Å². The Morgan fingerprint density at radius 3 is 3.05 bits per heavy atom. The number of nitrogens with one attached hydrogen (secondary N) is 1. The minimum absolute atomic E-state index is 0.0381. The molecule has 1 aliphatic rings. The Bertz CT molecular complexity index is 502. The van der Waals surface area contributed by atoms with Crippen molar-refractivity contribution < 1.29 is 14.3 Å². The first-order valence-corrected chi connectivity index (χ1v) is 6.08. The van der Waals surface area contributed by atoms with Crippen LogP contribution in [0.3, 0.4) is 0 Å². The average Bonchev–Trinajstić information content (AvgIpc) is 2.38. The molecular formula is C13H17N3O3. The number of carbonyl (C=O) groups excluding carboxylic acids is 2. The third kappa shape index (κ3) is 3.23. The van der Waals surface area contributed by atoms with Crippen LogP contribution in [0.2, 0.25) is 0 Å². The van der Waals surface area contributed by atoms with Gasteiger partial charge in [0.2, 0.25) is 11.8 Å². The van der Waals surface area contributed by atoms with Crippen LogP contribution in [0.4, 0.5) is 11.4 Å². The third-order valence-electron chi connectivity index (χ3n) is 3.07. The maximum Gasteiger partial charge on any atom is 0.249 e. The second-order valence-corrected chi connectivity index (χ2v) is 4.44. The van der Waals surface area contributed by atoms with Gasteiger partial charge in [0.15, 0.2) is 0 Å². The molecule has 1 aliphatic heterocycles. The van der Waals surface area contributed by atoms with Crippen LogP contribution in [0.1, 0.15) is 5.56 Å². The van der Waals surface area contributed by atoms with Crippen molar-refractivity contribution in [2.24, 2.45) is 0 Å². The fraction of sp³-hybridized carbons (Fsp3) is 0.385. The van der Waals surface area contributed by atoms with Gasteiger partial charge in [-0.2, -0.15) is 0 Å². The molecule has 1 aromatic rings. The van der Waals surface area contributed by atoms with Crippen LogP contribution in [0.25, 0.3) is 0 Å². The highest BCUT2D eigenvalue weighted by molar-refractivity contribution is 5.95. The van der Waals surface area contributed by atoms with Gasteiger partial charge in [-0.1, -0.05) is 6.07 Å². The lowest BCUT2D eigenvalue weighted by Crippen LogP contribution is -2.45. The third-order valence-corrected chi connectivity index (χ3v) is 3.07. The number of morpholine rings is 1. The average molecular weight is 263 g/mol. The van der Waals surface area contributed by atoms with Crippen molar-refractivity contribution >= 4 is 23.2 Å². The molecule has 0 bridgehead atoms. The molecule has 2 amide bonds. The molecule has 1 saturated heterocycles. The molecule has 1 aromatic carbocycles. The smallest absolute Gasteiger partial charge is 0.249 e. The zero-order valence-corrected chi connectivity index (χ0v) is 10.8. The molecule has 6 nitrogen and oxygen atoms in total. The number of rotatable bonds is 3. The number of benzene rings is 1. The second-order valence-electron chi connectivity index (χ2n) is 4.44. The summed E-state index contributed by atoms with van der Waals surface area (Å²) in [5.41, 5.74) is 7.89. The zero-order chi connectivity index (χ0) is 13.8. The summed E-state index contributed by atoms with van der Waals surface area (Å²) >= 11 is 0. The number of nitrogen functional groups attached to an aromatic ring is 1. The van der Waals surface area contributed by atoms with Crippen LogP contribution < -0.4 is 11.1 Å². The molecule has 2 rings (SSSR count). The molecule has 19 heavy (non-hydrogen) atoms. The van der Waals surface area contributed by atoms with Gasteiger partial charge >= 0.3 is 0 Å². The van der Waals surface area contributed by atoms with Gasteiger partial charge in [-0.25, -0.2) is 0 Å². The predicted molar refractivity (Wildman–Crippen MR) is 71.6 cm³/mol. The Morgan fingerprint density at radius 1 is 1.53 bits per heavy atom. The van der Waals surface area contributed by atoms with E-state index in [0.29, 0.717) is 24.5 Å². The van der Waals surface area contributed by atoms with E-state index >= 15 is 0 Å². The predicted octanol–water partition coefficient (Wildman–Crippen LogP) is 0.375. The number of hydrogen-bond acceptors (Lipinski definition) is 4. The summed E-state index contributed by atoms with van der Waals surface area (Å²) in [4.78, 5) is 24.9. The van der Waals surface area contributed by atoms with Crippen LogP contribution in [-0.2, 0) is 14.3 Å². The minimum Gasteiger partial charge on any atom is -0.398 e. The number of nitrogens with two attached hydrogens (primary N) is 1. The van der Waals surface area contributed by atoms with Crippen molar-refractivity contribution in [1.82, 2.24) is 4.90 Å². The molecule has 3 N–H and O–H groups in total. The van der Waals surface area contributed by atoms with Crippen molar-refractivity contribution in [1.29, 1.82) is 0 Å². The van der Waals surface area contributed by atoms with Crippen molar-refractivity contribution in [3.8, 4) is 0 Å². The molecule has 0 aliphatic carbocycles. The number of carbonyl (C=O) groups is 2. The quantitative estimate of drug-likeness (QED) is 0.772. The van der Waals surface area contributed by atoms with Crippen LogP contribution in [-0.4, -0.2) is 43.0 Å². The van der Waals surface area contributed by atoms with E-state index in [4.69, 9.17) is 10.5 Å². The lowest BCUT2D eigenvalue weighted by molar-refractivity contribution is -0.144. The normalized spacial score (nSPS) is 15.4.